The fraction of sp³-hybridized carbons (Fsp3) is 0.176. The van der Waals surface area contributed by atoms with Crippen molar-refractivity contribution in [3.05, 3.63) is 65.0 Å². The highest BCUT2D eigenvalue weighted by Crippen LogP contribution is 2.25. The van der Waals surface area contributed by atoms with Crippen molar-refractivity contribution in [3.8, 4) is 17.1 Å². The number of nitrogens with zero attached hydrogens (tertiary/aromatic N) is 2. The normalized spacial score (nSPS) is 12.1. The predicted octanol–water partition coefficient (Wildman–Crippen LogP) is 4.84. The number of halogens is 1. The summed E-state index contributed by atoms with van der Waals surface area (Å²) in [6.45, 7) is 3.89. The lowest BCUT2D eigenvalue weighted by molar-refractivity contribution is 0.176. The third kappa shape index (κ3) is 3.28. The minimum atomic E-state index is -0.356. The Kier molecular flexibility index (Phi) is 4.11. The van der Waals surface area contributed by atoms with E-state index in [1.54, 1.807) is 12.1 Å². The van der Waals surface area contributed by atoms with Crippen LogP contribution in [0.1, 0.15) is 24.5 Å². The molecule has 0 bridgehead atoms. The lowest BCUT2D eigenvalue weighted by Crippen LogP contribution is -2.03. The number of rotatable bonds is 4. The minimum Gasteiger partial charge on any atom is -0.481 e. The van der Waals surface area contributed by atoms with Gasteiger partial charge in [0.25, 0.3) is 5.89 Å². The van der Waals surface area contributed by atoms with Crippen molar-refractivity contribution in [2.24, 2.45) is 0 Å². The van der Waals surface area contributed by atoms with E-state index in [9.17, 15) is 0 Å². The summed E-state index contributed by atoms with van der Waals surface area (Å²) in [5.74, 6) is 1.64. The Morgan fingerprint density at radius 2 is 1.91 bits per heavy atom. The van der Waals surface area contributed by atoms with Gasteiger partial charge in [0.15, 0.2) is 6.10 Å². The molecule has 0 saturated heterocycles. The van der Waals surface area contributed by atoms with Crippen molar-refractivity contribution < 1.29 is 9.26 Å². The summed E-state index contributed by atoms with van der Waals surface area (Å²) in [5, 5.41) is 4.63. The van der Waals surface area contributed by atoms with Crippen LogP contribution < -0.4 is 4.74 Å². The number of aryl methyl sites for hydroxylation is 1. The van der Waals surface area contributed by atoms with Gasteiger partial charge in [0, 0.05) is 10.6 Å². The van der Waals surface area contributed by atoms with E-state index in [0.29, 0.717) is 22.5 Å². The summed E-state index contributed by atoms with van der Waals surface area (Å²) >= 11 is 5.94. The Morgan fingerprint density at radius 3 is 2.64 bits per heavy atom. The molecule has 22 heavy (non-hydrogen) atoms. The van der Waals surface area contributed by atoms with Gasteiger partial charge < -0.3 is 9.26 Å². The molecule has 1 atom stereocenters. The molecule has 3 aromatic rings. The molecule has 0 saturated carbocycles. The molecule has 0 N–H and O–H groups in total. The first-order chi connectivity index (χ1) is 10.6. The predicted molar refractivity (Wildman–Crippen MR) is 85.0 cm³/mol. The topological polar surface area (TPSA) is 48.2 Å². The molecule has 1 aromatic heterocycles. The zero-order valence-electron chi connectivity index (χ0n) is 12.3. The van der Waals surface area contributed by atoms with Crippen LogP contribution in [0.5, 0.6) is 5.75 Å². The molecule has 0 fully saturated rings. The third-order valence-electron chi connectivity index (χ3n) is 3.21. The second-order valence-electron chi connectivity index (χ2n) is 5.04. The molecule has 0 aliphatic rings. The van der Waals surface area contributed by atoms with E-state index in [2.05, 4.69) is 10.1 Å². The first kappa shape index (κ1) is 14.6. The number of hydrogen-bond donors (Lipinski definition) is 0. The van der Waals surface area contributed by atoms with Crippen LogP contribution in [0.2, 0.25) is 5.02 Å². The Labute approximate surface area is 133 Å². The van der Waals surface area contributed by atoms with Crippen LogP contribution in [0.4, 0.5) is 0 Å². The van der Waals surface area contributed by atoms with Gasteiger partial charge in [-0.2, -0.15) is 4.98 Å². The first-order valence-electron chi connectivity index (χ1n) is 6.95. The standard InChI is InChI=1S/C17H15ClN2O2/c1-11-6-8-13(9-7-11)16-19-17(22-20-16)12(2)21-15-5-3-4-14(18)10-15/h3-10,12H,1-2H3/t12-/m1/s1. The molecule has 2 aromatic carbocycles. The smallest absolute Gasteiger partial charge is 0.267 e. The van der Waals surface area contributed by atoms with Gasteiger partial charge in [0.2, 0.25) is 5.82 Å². The summed E-state index contributed by atoms with van der Waals surface area (Å²) in [7, 11) is 0. The van der Waals surface area contributed by atoms with Crippen molar-refractivity contribution in [1.29, 1.82) is 0 Å². The molecular weight excluding hydrogens is 300 g/mol. The Balaban J connectivity index is 1.76. The minimum absolute atomic E-state index is 0.356. The molecule has 1 heterocycles. The SMILES string of the molecule is Cc1ccc(-c2noc([C@@H](C)Oc3cccc(Cl)c3)n2)cc1. The van der Waals surface area contributed by atoms with Crippen LogP contribution in [0.25, 0.3) is 11.4 Å². The quantitative estimate of drug-likeness (QED) is 0.691. The first-order valence-corrected chi connectivity index (χ1v) is 7.32. The van der Waals surface area contributed by atoms with Gasteiger partial charge in [-0.1, -0.05) is 52.7 Å². The average molecular weight is 315 g/mol. The van der Waals surface area contributed by atoms with Crippen LogP contribution in [-0.2, 0) is 0 Å². The van der Waals surface area contributed by atoms with Crippen molar-refractivity contribution in [1.82, 2.24) is 10.1 Å². The number of aromatic nitrogens is 2. The van der Waals surface area contributed by atoms with Gasteiger partial charge in [-0.05, 0) is 32.0 Å². The molecule has 3 rings (SSSR count). The summed E-state index contributed by atoms with van der Waals surface area (Å²) in [5.41, 5.74) is 2.10. The molecule has 0 aliphatic carbocycles. The molecule has 0 radical (unpaired) electrons. The molecule has 0 spiro atoms. The van der Waals surface area contributed by atoms with E-state index in [-0.39, 0.29) is 6.10 Å². The van der Waals surface area contributed by atoms with E-state index < -0.39 is 0 Å². The van der Waals surface area contributed by atoms with Gasteiger partial charge in [0.05, 0.1) is 0 Å². The average Bonchev–Trinajstić information content (AvgIpc) is 2.98. The van der Waals surface area contributed by atoms with Crippen molar-refractivity contribution in [2.75, 3.05) is 0 Å². The highest BCUT2D eigenvalue weighted by Gasteiger charge is 2.17. The summed E-state index contributed by atoms with van der Waals surface area (Å²) in [4.78, 5) is 4.39. The highest BCUT2D eigenvalue weighted by atomic mass is 35.5. The second kappa shape index (κ2) is 6.20. The maximum Gasteiger partial charge on any atom is 0.267 e. The van der Waals surface area contributed by atoms with E-state index in [0.717, 1.165) is 5.56 Å². The van der Waals surface area contributed by atoms with Crippen LogP contribution in [0.15, 0.2) is 53.1 Å². The van der Waals surface area contributed by atoms with Gasteiger partial charge in [-0.15, -0.1) is 0 Å². The van der Waals surface area contributed by atoms with Gasteiger partial charge in [-0.3, -0.25) is 0 Å². The fourth-order valence-electron chi connectivity index (χ4n) is 2.02. The zero-order valence-corrected chi connectivity index (χ0v) is 13.0. The van der Waals surface area contributed by atoms with Gasteiger partial charge in [0.1, 0.15) is 5.75 Å². The van der Waals surface area contributed by atoms with Crippen molar-refractivity contribution in [3.63, 3.8) is 0 Å². The lowest BCUT2D eigenvalue weighted by Gasteiger charge is -2.10. The number of benzene rings is 2. The van der Waals surface area contributed by atoms with Crippen LogP contribution in [0, 0.1) is 6.92 Å². The lowest BCUT2D eigenvalue weighted by atomic mass is 10.1. The molecule has 0 unspecified atom stereocenters. The van der Waals surface area contributed by atoms with Crippen LogP contribution >= 0.6 is 11.6 Å². The Bertz CT molecular complexity index is 768. The van der Waals surface area contributed by atoms with Crippen molar-refractivity contribution in [2.45, 2.75) is 20.0 Å². The molecule has 0 amide bonds. The third-order valence-corrected chi connectivity index (χ3v) is 3.44. The highest BCUT2D eigenvalue weighted by molar-refractivity contribution is 6.30. The van der Waals surface area contributed by atoms with E-state index >= 15 is 0 Å². The maximum atomic E-state index is 5.94. The number of hydrogen-bond acceptors (Lipinski definition) is 4. The van der Waals surface area contributed by atoms with Crippen molar-refractivity contribution >= 4 is 11.6 Å². The van der Waals surface area contributed by atoms with E-state index in [1.165, 1.54) is 5.56 Å². The van der Waals surface area contributed by atoms with Gasteiger partial charge in [-0.25, -0.2) is 0 Å². The molecule has 4 nitrogen and oxygen atoms in total. The Hall–Kier alpha value is -2.33. The second-order valence-corrected chi connectivity index (χ2v) is 5.48. The summed E-state index contributed by atoms with van der Waals surface area (Å²) < 4.78 is 11.1. The van der Waals surface area contributed by atoms with E-state index in [1.807, 2.05) is 50.2 Å². The Morgan fingerprint density at radius 1 is 1.14 bits per heavy atom. The molecular formula is C17H15ClN2O2. The molecule has 0 aliphatic heterocycles. The van der Waals surface area contributed by atoms with Crippen LogP contribution in [-0.4, -0.2) is 10.1 Å². The van der Waals surface area contributed by atoms with E-state index in [4.69, 9.17) is 20.9 Å². The summed E-state index contributed by atoms with van der Waals surface area (Å²) in [6, 6.07) is 15.2. The molecule has 5 heteroatoms. The number of ether oxygens (including phenoxy) is 1. The fourth-order valence-corrected chi connectivity index (χ4v) is 2.20. The summed E-state index contributed by atoms with van der Waals surface area (Å²) in [6.07, 6.45) is -0.356. The molecule has 112 valence electrons. The zero-order chi connectivity index (χ0) is 15.5. The van der Waals surface area contributed by atoms with Gasteiger partial charge >= 0.3 is 0 Å². The maximum absolute atomic E-state index is 5.94. The largest absolute Gasteiger partial charge is 0.481 e. The van der Waals surface area contributed by atoms with Crippen LogP contribution in [0.3, 0.4) is 0 Å². The monoisotopic (exact) mass is 314 g/mol.